The summed E-state index contributed by atoms with van der Waals surface area (Å²) in [6.45, 7) is 3.84. The van der Waals surface area contributed by atoms with Crippen molar-refractivity contribution >= 4 is 22.4 Å². The minimum absolute atomic E-state index is 0.0716. The Hall–Kier alpha value is -3.39. The highest BCUT2D eigenvalue weighted by Crippen LogP contribution is 2.22. The molecule has 7 nitrogen and oxygen atoms in total. The van der Waals surface area contributed by atoms with E-state index >= 15 is 0 Å². The first-order valence-electron chi connectivity index (χ1n) is 8.31. The lowest BCUT2D eigenvalue weighted by atomic mass is 10.2. The molecule has 4 rings (SSSR count). The van der Waals surface area contributed by atoms with Crippen LogP contribution >= 0.6 is 11.3 Å². The summed E-state index contributed by atoms with van der Waals surface area (Å²) < 4.78 is 1.68. The van der Waals surface area contributed by atoms with E-state index in [-0.39, 0.29) is 5.82 Å². The third-order valence-electron chi connectivity index (χ3n) is 3.87. The van der Waals surface area contributed by atoms with Crippen LogP contribution in [0, 0.1) is 13.8 Å². The van der Waals surface area contributed by atoms with Crippen molar-refractivity contribution in [3.8, 4) is 17.1 Å². The van der Waals surface area contributed by atoms with Gasteiger partial charge in [-0.05, 0) is 26.0 Å². The average molecular weight is 376 g/mol. The number of hydrogen-bond donors (Lipinski definition) is 1. The van der Waals surface area contributed by atoms with Gasteiger partial charge in [0.25, 0.3) is 5.91 Å². The van der Waals surface area contributed by atoms with Gasteiger partial charge in [0.05, 0.1) is 5.69 Å². The second-order valence-corrected chi connectivity index (χ2v) is 7.13. The number of rotatable bonds is 4. The van der Waals surface area contributed by atoms with E-state index in [1.807, 2.05) is 68.4 Å². The van der Waals surface area contributed by atoms with E-state index in [0.717, 1.165) is 21.8 Å². The first-order valence-corrected chi connectivity index (χ1v) is 9.13. The standard InChI is InChI=1S/C19H16N6OS/c1-12-8-10-15(11-9-12)25-17(14-6-4-3-5-7-14)20-16(24-25)18(26)21-19-23-22-13(2)27-19/h3-11H,1-2H3,(H,21,23,26). The number of carbonyl (C=O) groups is 1. The highest BCUT2D eigenvalue weighted by Gasteiger charge is 2.19. The molecule has 4 aromatic rings. The van der Waals surface area contributed by atoms with Gasteiger partial charge in [-0.1, -0.05) is 59.4 Å². The van der Waals surface area contributed by atoms with Crippen molar-refractivity contribution in [2.75, 3.05) is 5.32 Å². The molecule has 0 bridgehead atoms. The number of aromatic nitrogens is 5. The van der Waals surface area contributed by atoms with Crippen LogP contribution in [0.5, 0.6) is 0 Å². The van der Waals surface area contributed by atoms with Crippen molar-refractivity contribution in [2.45, 2.75) is 13.8 Å². The van der Waals surface area contributed by atoms with Crippen LogP contribution in [-0.2, 0) is 0 Å². The summed E-state index contributed by atoms with van der Waals surface area (Å²) in [6, 6.07) is 17.5. The van der Waals surface area contributed by atoms with Gasteiger partial charge in [0.1, 0.15) is 5.01 Å². The van der Waals surface area contributed by atoms with E-state index in [9.17, 15) is 4.79 Å². The summed E-state index contributed by atoms with van der Waals surface area (Å²) in [5.74, 6) is 0.245. The predicted molar refractivity (Wildman–Crippen MR) is 104 cm³/mol. The Bertz CT molecular complexity index is 1090. The molecule has 0 aliphatic carbocycles. The fourth-order valence-electron chi connectivity index (χ4n) is 2.55. The molecule has 0 aliphatic heterocycles. The Balaban J connectivity index is 1.75. The van der Waals surface area contributed by atoms with E-state index in [1.165, 1.54) is 11.3 Å². The molecular weight excluding hydrogens is 360 g/mol. The summed E-state index contributed by atoms with van der Waals surface area (Å²) in [4.78, 5) is 17.1. The van der Waals surface area contributed by atoms with Gasteiger partial charge >= 0.3 is 0 Å². The molecule has 0 radical (unpaired) electrons. The van der Waals surface area contributed by atoms with Crippen molar-refractivity contribution in [1.82, 2.24) is 25.0 Å². The summed E-state index contributed by atoms with van der Waals surface area (Å²) in [5.41, 5.74) is 2.85. The predicted octanol–water partition coefficient (Wildman–Crippen LogP) is 3.65. The number of aryl methyl sites for hydroxylation is 2. The van der Waals surface area contributed by atoms with Gasteiger partial charge in [0.2, 0.25) is 11.0 Å². The quantitative estimate of drug-likeness (QED) is 0.587. The SMILES string of the molecule is Cc1ccc(-n2nc(C(=O)Nc3nnc(C)s3)nc2-c2ccccc2)cc1. The first kappa shape index (κ1) is 17.0. The Morgan fingerprint density at radius 1 is 1.00 bits per heavy atom. The molecular formula is C19H16N6OS. The van der Waals surface area contributed by atoms with Crippen LogP contribution in [0.25, 0.3) is 17.1 Å². The first-order chi connectivity index (χ1) is 13.1. The minimum atomic E-state index is -0.422. The van der Waals surface area contributed by atoms with E-state index in [4.69, 9.17) is 0 Å². The van der Waals surface area contributed by atoms with Crippen LogP contribution < -0.4 is 5.32 Å². The van der Waals surface area contributed by atoms with Gasteiger partial charge in [-0.2, -0.15) is 0 Å². The van der Waals surface area contributed by atoms with Crippen molar-refractivity contribution in [3.63, 3.8) is 0 Å². The highest BCUT2D eigenvalue weighted by atomic mass is 32.1. The van der Waals surface area contributed by atoms with Crippen LogP contribution in [-0.4, -0.2) is 30.9 Å². The molecule has 2 aromatic heterocycles. The smallest absolute Gasteiger partial charge is 0.294 e. The topological polar surface area (TPSA) is 85.6 Å². The van der Waals surface area contributed by atoms with Gasteiger partial charge in [0.15, 0.2) is 5.82 Å². The summed E-state index contributed by atoms with van der Waals surface area (Å²) in [7, 11) is 0. The molecule has 2 aromatic carbocycles. The molecule has 8 heteroatoms. The van der Waals surface area contributed by atoms with Crippen LogP contribution in [0.3, 0.4) is 0 Å². The van der Waals surface area contributed by atoms with E-state index in [2.05, 4.69) is 25.6 Å². The maximum absolute atomic E-state index is 12.6. The molecule has 134 valence electrons. The van der Waals surface area contributed by atoms with Crippen molar-refractivity contribution < 1.29 is 4.79 Å². The molecule has 0 saturated carbocycles. The number of amides is 1. The van der Waals surface area contributed by atoms with Gasteiger partial charge in [-0.25, -0.2) is 9.67 Å². The molecule has 0 atom stereocenters. The normalized spacial score (nSPS) is 10.7. The average Bonchev–Trinajstić information content (AvgIpc) is 3.30. The third kappa shape index (κ3) is 3.61. The molecule has 0 fully saturated rings. The lowest BCUT2D eigenvalue weighted by Gasteiger charge is -2.06. The number of anilines is 1. The maximum Gasteiger partial charge on any atom is 0.297 e. The molecule has 1 amide bonds. The second kappa shape index (κ2) is 7.08. The summed E-state index contributed by atoms with van der Waals surface area (Å²) in [5, 5.41) is 16.1. The van der Waals surface area contributed by atoms with E-state index < -0.39 is 5.91 Å². The van der Waals surface area contributed by atoms with Crippen molar-refractivity contribution in [3.05, 3.63) is 71.0 Å². The Morgan fingerprint density at radius 3 is 2.41 bits per heavy atom. The van der Waals surface area contributed by atoms with Crippen molar-refractivity contribution in [2.24, 2.45) is 0 Å². The molecule has 27 heavy (non-hydrogen) atoms. The lowest BCUT2D eigenvalue weighted by molar-refractivity contribution is 0.101. The van der Waals surface area contributed by atoms with Gasteiger partial charge in [-0.3, -0.25) is 10.1 Å². The second-order valence-electron chi connectivity index (χ2n) is 5.95. The lowest BCUT2D eigenvalue weighted by Crippen LogP contribution is -2.14. The zero-order valence-electron chi connectivity index (χ0n) is 14.7. The molecule has 1 N–H and O–H groups in total. The number of nitrogens with one attached hydrogen (secondary N) is 1. The van der Waals surface area contributed by atoms with E-state index in [0.29, 0.717) is 11.0 Å². The molecule has 0 unspecified atom stereocenters. The van der Waals surface area contributed by atoms with Gasteiger partial charge in [0, 0.05) is 5.56 Å². The molecule has 0 aliphatic rings. The third-order valence-corrected chi connectivity index (χ3v) is 4.62. The Morgan fingerprint density at radius 2 is 1.74 bits per heavy atom. The molecule has 2 heterocycles. The zero-order valence-corrected chi connectivity index (χ0v) is 15.6. The summed E-state index contributed by atoms with van der Waals surface area (Å²) in [6.07, 6.45) is 0. The maximum atomic E-state index is 12.6. The van der Waals surface area contributed by atoms with Crippen LogP contribution in [0.4, 0.5) is 5.13 Å². The number of benzene rings is 2. The fraction of sp³-hybridized carbons (Fsp3) is 0.105. The molecule has 0 saturated heterocycles. The number of carbonyl (C=O) groups excluding carboxylic acids is 1. The van der Waals surface area contributed by atoms with Crippen LogP contribution in [0.1, 0.15) is 21.2 Å². The largest absolute Gasteiger partial charge is 0.297 e. The minimum Gasteiger partial charge on any atom is -0.294 e. The van der Waals surface area contributed by atoms with E-state index in [1.54, 1.807) is 4.68 Å². The van der Waals surface area contributed by atoms with Crippen LogP contribution in [0.2, 0.25) is 0 Å². The fourth-order valence-corrected chi connectivity index (χ4v) is 3.14. The monoisotopic (exact) mass is 376 g/mol. The van der Waals surface area contributed by atoms with Crippen LogP contribution in [0.15, 0.2) is 54.6 Å². The van der Waals surface area contributed by atoms with Gasteiger partial charge in [-0.15, -0.1) is 15.3 Å². The zero-order chi connectivity index (χ0) is 18.8. The Labute approximate surface area is 159 Å². The Kier molecular flexibility index (Phi) is 4.47. The highest BCUT2D eigenvalue weighted by molar-refractivity contribution is 7.15. The molecule has 0 spiro atoms. The van der Waals surface area contributed by atoms with Crippen molar-refractivity contribution in [1.29, 1.82) is 0 Å². The van der Waals surface area contributed by atoms with Gasteiger partial charge < -0.3 is 0 Å². The summed E-state index contributed by atoms with van der Waals surface area (Å²) >= 11 is 1.30. The number of nitrogens with zero attached hydrogens (tertiary/aromatic N) is 5. The number of hydrogen-bond acceptors (Lipinski definition) is 6.